The van der Waals surface area contributed by atoms with E-state index in [1.165, 1.54) is 0 Å². The van der Waals surface area contributed by atoms with Crippen molar-refractivity contribution in [3.8, 4) is 0 Å². The Morgan fingerprint density at radius 1 is 1.12 bits per heavy atom. The Bertz CT molecular complexity index is 62.5. The number of hydrogen-bond acceptors (Lipinski definition) is 2. The summed E-state index contributed by atoms with van der Waals surface area (Å²) in [4.78, 5) is 0. The molecule has 0 aromatic carbocycles. The lowest BCUT2D eigenvalue weighted by Gasteiger charge is -1.87. The van der Waals surface area contributed by atoms with Crippen molar-refractivity contribution in [3.63, 3.8) is 0 Å². The molecule has 0 spiro atoms. The van der Waals surface area contributed by atoms with Crippen LogP contribution in [0.25, 0.3) is 0 Å². The van der Waals surface area contributed by atoms with Gasteiger partial charge in [-0.1, -0.05) is 0 Å². The van der Waals surface area contributed by atoms with E-state index in [0.29, 0.717) is 5.76 Å². The van der Waals surface area contributed by atoms with Crippen molar-refractivity contribution in [2.45, 2.75) is 20.8 Å². The van der Waals surface area contributed by atoms with Gasteiger partial charge in [-0.05, 0) is 26.3 Å². The molecule has 2 nitrogen and oxygen atoms in total. The van der Waals surface area contributed by atoms with E-state index in [2.05, 4.69) is 0 Å². The average molecular weight is 140 g/mol. The van der Waals surface area contributed by atoms with Gasteiger partial charge in [0.15, 0.2) is 0 Å². The second-order valence-electron chi connectivity index (χ2n) is 1.59. The van der Waals surface area contributed by atoms with Crippen LogP contribution in [0.1, 0.15) is 20.8 Å². The third-order valence-electron chi connectivity index (χ3n) is 0.724. The Hall–Kier alpha value is -0.210. The number of aliphatic hydroxyl groups excluding tert-OH is 1. The SMILES string of the molecule is CC(C)=C(C)O.Cl.N. The molecular weight excluding hydrogens is 126 g/mol. The summed E-state index contributed by atoms with van der Waals surface area (Å²) in [6.07, 6.45) is 0. The molecule has 0 amide bonds. The Balaban J connectivity index is -0.000000125. The normalized spacial score (nSPS) is 5.88. The molecule has 4 N–H and O–H groups in total. The van der Waals surface area contributed by atoms with Crippen LogP contribution in [0.3, 0.4) is 0 Å². The minimum absolute atomic E-state index is 0. The third kappa shape index (κ3) is 9.25. The molecular formula is C5H14ClNO. The van der Waals surface area contributed by atoms with Crippen molar-refractivity contribution in [2.24, 2.45) is 0 Å². The lowest BCUT2D eigenvalue weighted by Crippen LogP contribution is -1.71. The Labute approximate surface area is 56.6 Å². The van der Waals surface area contributed by atoms with Crippen LogP contribution >= 0.6 is 12.4 Å². The van der Waals surface area contributed by atoms with Crippen molar-refractivity contribution in [3.05, 3.63) is 11.3 Å². The quantitative estimate of drug-likeness (QED) is 0.507. The highest BCUT2D eigenvalue weighted by Crippen LogP contribution is 1.93. The van der Waals surface area contributed by atoms with Gasteiger partial charge in [0.05, 0.1) is 5.76 Å². The molecule has 0 bridgehead atoms. The number of hydrogen-bond donors (Lipinski definition) is 2. The highest BCUT2D eigenvalue weighted by molar-refractivity contribution is 5.85. The number of allylic oxidation sites excluding steroid dienone is 2. The lowest BCUT2D eigenvalue weighted by atomic mass is 10.3. The van der Waals surface area contributed by atoms with Crippen molar-refractivity contribution in [1.29, 1.82) is 0 Å². The van der Waals surface area contributed by atoms with Crippen molar-refractivity contribution < 1.29 is 5.11 Å². The van der Waals surface area contributed by atoms with Gasteiger partial charge in [-0.2, -0.15) is 0 Å². The summed E-state index contributed by atoms with van der Waals surface area (Å²) in [5.41, 5.74) is 0.981. The lowest BCUT2D eigenvalue weighted by molar-refractivity contribution is 0.407. The van der Waals surface area contributed by atoms with E-state index < -0.39 is 0 Å². The first-order chi connectivity index (χ1) is 2.64. The fraction of sp³-hybridized carbons (Fsp3) is 0.600. The summed E-state index contributed by atoms with van der Waals surface area (Å²) < 4.78 is 0. The molecule has 0 unspecified atom stereocenters. The molecule has 0 atom stereocenters. The van der Waals surface area contributed by atoms with Crippen LogP contribution in [0, 0.1) is 0 Å². The fourth-order valence-electron chi connectivity index (χ4n) is 0. The summed E-state index contributed by atoms with van der Waals surface area (Å²) >= 11 is 0. The second-order valence-corrected chi connectivity index (χ2v) is 1.59. The zero-order chi connectivity index (χ0) is 5.15. The van der Waals surface area contributed by atoms with E-state index in [1.54, 1.807) is 6.92 Å². The van der Waals surface area contributed by atoms with Gasteiger partial charge in [0, 0.05) is 0 Å². The summed E-state index contributed by atoms with van der Waals surface area (Å²) in [5.74, 6) is 0.426. The molecule has 0 heterocycles. The largest absolute Gasteiger partial charge is 0.513 e. The smallest absolute Gasteiger partial charge is 0.0878 e. The van der Waals surface area contributed by atoms with Gasteiger partial charge in [-0.15, -0.1) is 12.4 Å². The summed E-state index contributed by atoms with van der Waals surface area (Å²) in [6, 6.07) is 0. The van der Waals surface area contributed by atoms with Gasteiger partial charge in [0.2, 0.25) is 0 Å². The number of aliphatic hydroxyl groups is 1. The first-order valence-electron chi connectivity index (χ1n) is 1.97. The minimum Gasteiger partial charge on any atom is -0.513 e. The van der Waals surface area contributed by atoms with Crippen LogP contribution in [0.15, 0.2) is 11.3 Å². The van der Waals surface area contributed by atoms with Crippen LogP contribution < -0.4 is 6.15 Å². The molecule has 0 aliphatic heterocycles. The highest BCUT2D eigenvalue weighted by atomic mass is 35.5. The van der Waals surface area contributed by atoms with E-state index in [9.17, 15) is 0 Å². The first kappa shape index (κ1) is 15.7. The molecule has 0 aliphatic rings. The van der Waals surface area contributed by atoms with Crippen molar-refractivity contribution in [1.82, 2.24) is 6.15 Å². The fourth-order valence-corrected chi connectivity index (χ4v) is 0. The van der Waals surface area contributed by atoms with Gasteiger partial charge in [0.25, 0.3) is 0 Å². The highest BCUT2D eigenvalue weighted by Gasteiger charge is 1.78. The molecule has 0 rings (SSSR count). The van der Waals surface area contributed by atoms with Gasteiger partial charge < -0.3 is 11.3 Å². The molecule has 0 radical (unpaired) electrons. The van der Waals surface area contributed by atoms with E-state index in [0.717, 1.165) is 5.57 Å². The van der Waals surface area contributed by atoms with E-state index in [4.69, 9.17) is 5.11 Å². The zero-order valence-electron chi connectivity index (χ0n) is 5.56. The summed E-state index contributed by atoms with van der Waals surface area (Å²) in [7, 11) is 0. The maximum Gasteiger partial charge on any atom is 0.0878 e. The maximum absolute atomic E-state index is 8.51. The molecule has 52 valence electrons. The topological polar surface area (TPSA) is 55.2 Å². The van der Waals surface area contributed by atoms with Gasteiger partial charge >= 0.3 is 0 Å². The van der Waals surface area contributed by atoms with Gasteiger partial charge in [-0.3, -0.25) is 0 Å². The van der Waals surface area contributed by atoms with Crippen molar-refractivity contribution >= 4 is 12.4 Å². The molecule has 0 aliphatic carbocycles. The van der Waals surface area contributed by atoms with E-state index in [1.807, 2.05) is 13.8 Å². The number of rotatable bonds is 0. The van der Waals surface area contributed by atoms with Crippen LogP contribution in [-0.4, -0.2) is 5.11 Å². The molecule has 8 heavy (non-hydrogen) atoms. The van der Waals surface area contributed by atoms with E-state index in [-0.39, 0.29) is 18.6 Å². The molecule has 0 aromatic heterocycles. The molecule has 0 saturated heterocycles. The van der Waals surface area contributed by atoms with E-state index >= 15 is 0 Å². The first-order valence-corrected chi connectivity index (χ1v) is 1.97. The predicted octanol–water partition coefficient (Wildman–Crippen LogP) is 2.44. The maximum atomic E-state index is 8.51. The van der Waals surface area contributed by atoms with Crippen LogP contribution in [0.2, 0.25) is 0 Å². The summed E-state index contributed by atoms with van der Waals surface area (Å²) in [5, 5.41) is 8.51. The van der Waals surface area contributed by atoms with Gasteiger partial charge in [0.1, 0.15) is 0 Å². The van der Waals surface area contributed by atoms with Crippen LogP contribution in [0.4, 0.5) is 0 Å². The van der Waals surface area contributed by atoms with Crippen LogP contribution in [0.5, 0.6) is 0 Å². The predicted molar refractivity (Wildman–Crippen MR) is 38.9 cm³/mol. The molecule has 0 fully saturated rings. The Kier molecular flexibility index (Phi) is 13.3. The second kappa shape index (κ2) is 6.79. The average Bonchev–Trinajstić information content (AvgIpc) is 1.36. The van der Waals surface area contributed by atoms with Gasteiger partial charge in [-0.25, -0.2) is 0 Å². The molecule has 0 aromatic rings. The zero-order valence-corrected chi connectivity index (χ0v) is 6.38. The third-order valence-corrected chi connectivity index (χ3v) is 0.724. The van der Waals surface area contributed by atoms with Crippen LogP contribution in [-0.2, 0) is 0 Å². The molecule has 3 heteroatoms. The Morgan fingerprint density at radius 3 is 1.25 bits per heavy atom. The number of halogens is 1. The molecule has 0 saturated carbocycles. The standard InChI is InChI=1S/C5H10O.ClH.H3N/c1-4(2)5(3)6;;/h6H,1-3H3;1H;1H3. The summed E-state index contributed by atoms with van der Waals surface area (Å²) in [6.45, 7) is 5.42. The minimum atomic E-state index is 0. The van der Waals surface area contributed by atoms with Crippen molar-refractivity contribution in [2.75, 3.05) is 0 Å². The monoisotopic (exact) mass is 139 g/mol. The Morgan fingerprint density at radius 2 is 1.25 bits per heavy atom.